The molecule has 0 fully saturated rings. The second-order valence-electron chi connectivity index (χ2n) is 9.42. The number of hydrogen-bond acceptors (Lipinski definition) is 3. The van der Waals surface area contributed by atoms with Crippen LogP contribution in [0.25, 0.3) is 54.6 Å². The molecule has 0 aliphatic rings. The van der Waals surface area contributed by atoms with E-state index in [4.69, 9.17) is 4.42 Å². The Morgan fingerprint density at radius 1 is 0.684 bits per heavy atom. The first-order valence-electron chi connectivity index (χ1n) is 12.3. The molecule has 0 spiro atoms. The average Bonchev–Trinajstić information content (AvgIpc) is 2.91. The first-order valence-corrected chi connectivity index (χ1v) is 13.4. The third-order valence-electron chi connectivity index (χ3n) is 7.12. The first kappa shape index (κ1) is 24.7. The number of hydrogen-bond donors (Lipinski definition) is 0. The van der Waals surface area contributed by atoms with E-state index in [1.165, 1.54) is 16.7 Å². The van der Waals surface area contributed by atoms with Crippen LogP contribution < -0.4 is 11.1 Å². The second-order valence-corrected chi connectivity index (χ2v) is 10.2. The molecule has 6 rings (SSSR count). The predicted molar refractivity (Wildman–Crippen MR) is 149 cm³/mol. The summed E-state index contributed by atoms with van der Waals surface area (Å²) in [5.41, 5.74) is 1.19. The van der Waals surface area contributed by atoms with E-state index in [-0.39, 0.29) is 11.1 Å². The fourth-order valence-electron chi connectivity index (χ4n) is 5.24. The zero-order valence-corrected chi connectivity index (χ0v) is 21.7. The van der Waals surface area contributed by atoms with Crippen LogP contribution in [0, 0.1) is 0 Å². The predicted octanol–water partition coefficient (Wildman–Crippen LogP) is 8.10. The van der Waals surface area contributed by atoms with Gasteiger partial charge in [0.25, 0.3) is 11.1 Å². The number of fused-ring (bicyclic) bond motifs is 2. The van der Waals surface area contributed by atoms with Crippen LogP contribution in [0.5, 0.6) is 0 Å². The fraction of sp³-hybridized carbons (Fsp3) is 0.200. The van der Waals surface area contributed by atoms with Gasteiger partial charge in [0.2, 0.25) is 0 Å². The lowest BCUT2D eigenvalue weighted by atomic mass is 9.95. The largest absolute Gasteiger partial charge is 0.456 e. The molecule has 0 aliphatic carbocycles. The van der Waals surface area contributed by atoms with Gasteiger partial charge in [-0.1, -0.05) is 46.6 Å². The number of alkyl halides is 4. The molecule has 0 saturated carbocycles. The van der Waals surface area contributed by atoms with Gasteiger partial charge in [0.1, 0.15) is 11.2 Å². The number of nitrogens with zero attached hydrogens (tertiary/aromatic N) is 1. The van der Waals surface area contributed by atoms with Crippen molar-refractivity contribution in [2.75, 3.05) is 5.33 Å². The molecule has 8 heteroatoms. The molecule has 0 amide bonds. The summed E-state index contributed by atoms with van der Waals surface area (Å²) in [5.74, 6) is 0. The van der Waals surface area contributed by atoms with Crippen molar-refractivity contribution in [3.8, 4) is 11.1 Å². The summed E-state index contributed by atoms with van der Waals surface area (Å²) in [6, 6.07) is 17.6. The smallest absolute Gasteiger partial charge is 0.416 e. The molecule has 0 N–H and O–H groups in total. The summed E-state index contributed by atoms with van der Waals surface area (Å²) >= 11 is 3.40. The van der Waals surface area contributed by atoms with Crippen molar-refractivity contribution in [2.24, 2.45) is 0 Å². The maximum absolute atomic E-state index is 13.4. The monoisotopic (exact) mass is 579 g/mol. The molecule has 38 heavy (non-hydrogen) atoms. The highest BCUT2D eigenvalue weighted by Gasteiger charge is 2.30. The molecule has 2 aromatic heterocycles. The average molecular weight is 580 g/mol. The number of rotatable bonds is 6. The Morgan fingerprint density at radius 3 is 2.00 bits per heavy atom. The van der Waals surface area contributed by atoms with E-state index in [0.717, 1.165) is 53.1 Å². The van der Waals surface area contributed by atoms with E-state index in [1.54, 1.807) is 30.3 Å². The summed E-state index contributed by atoms with van der Waals surface area (Å²) in [6.07, 6.45) is -1.78. The van der Waals surface area contributed by atoms with Gasteiger partial charge in [-0.05, 0) is 71.8 Å². The Hall–Kier alpha value is -3.65. The molecule has 6 aromatic rings. The Labute approximate surface area is 222 Å². The normalized spacial score (nSPS) is 12.4. The summed E-state index contributed by atoms with van der Waals surface area (Å²) in [6.45, 7) is 0.366. The van der Waals surface area contributed by atoms with Crippen LogP contribution in [0.2, 0.25) is 0 Å². The zero-order chi connectivity index (χ0) is 26.6. The van der Waals surface area contributed by atoms with Crippen molar-refractivity contribution in [1.82, 2.24) is 4.57 Å². The molecule has 0 atom stereocenters. The summed E-state index contributed by atoms with van der Waals surface area (Å²) in [4.78, 5) is 26.7. The van der Waals surface area contributed by atoms with Gasteiger partial charge in [-0.25, -0.2) is 0 Å². The third-order valence-corrected chi connectivity index (χ3v) is 7.68. The summed E-state index contributed by atoms with van der Waals surface area (Å²) in [7, 11) is 0. The number of pyridine rings is 1. The van der Waals surface area contributed by atoms with Crippen LogP contribution in [0.3, 0.4) is 0 Å². The van der Waals surface area contributed by atoms with Crippen LogP contribution in [0.4, 0.5) is 13.2 Å². The minimum Gasteiger partial charge on any atom is -0.456 e. The molecular formula is C30H21BrF3NO3. The molecule has 0 saturated heterocycles. The van der Waals surface area contributed by atoms with E-state index in [1.807, 2.05) is 12.1 Å². The molecular weight excluding hydrogens is 559 g/mol. The van der Waals surface area contributed by atoms with Crippen LogP contribution in [0.15, 0.2) is 80.7 Å². The minimum atomic E-state index is -4.40. The summed E-state index contributed by atoms with van der Waals surface area (Å²) < 4.78 is 46.6. The van der Waals surface area contributed by atoms with E-state index < -0.39 is 11.7 Å². The Kier molecular flexibility index (Phi) is 6.02. The number of unbranched alkanes of at least 4 members (excludes halogenated alkanes) is 2. The lowest BCUT2D eigenvalue weighted by molar-refractivity contribution is -0.137. The van der Waals surface area contributed by atoms with E-state index in [2.05, 4.69) is 15.9 Å². The van der Waals surface area contributed by atoms with Crippen LogP contribution in [0.1, 0.15) is 24.8 Å². The van der Waals surface area contributed by atoms with Gasteiger partial charge >= 0.3 is 6.18 Å². The van der Waals surface area contributed by atoms with Gasteiger partial charge in [-0.15, -0.1) is 0 Å². The van der Waals surface area contributed by atoms with Crippen LogP contribution in [-0.4, -0.2) is 9.90 Å². The van der Waals surface area contributed by atoms with Gasteiger partial charge in [0.05, 0.1) is 5.56 Å². The van der Waals surface area contributed by atoms with E-state index in [9.17, 15) is 22.8 Å². The number of aromatic nitrogens is 1. The molecule has 0 aliphatic heterocycles. The van der Waals surface area contributed by atoms with Gasteiger partial charge < -0.3 is 4.42 Å². The van der Waals surface area contributed by atoms with Crippen molar-refractivity contribution in [1.29, 1.82) is 0 Å². The minimum absolute atomic E-state index is 0.311. The highest BCUT2D eigenvalue weighted by Crippen LogP contribution is 2.38. The lowest BCUT2D eigenvalue weighted by Gasteiger charge is -2.14. The molecule has 192 valence electrons. The topological polar surface area (TPSA) is 52.2 Å². The number of halogens is 4. The first-order chi connectivity index (χ1) is 18.3. The highest BCUT2D eigenvalue weighted by molar-refractivity contribution is 9.09. The lowest BCUT2D eigenvalue weighted by Crippen LogP contribution is -2.33. The molecule has 0 radical (unpaired) electrons. The van der Waals surface area contributed by atoms with Crippen molar-refractivity contribution < 1.29 is 17.6 Å². The maximum atomic E-state index is 13.4. The van der Waals surface area contributed by atoms with Gasteiger partial charge in [-0.2, -0.15) is 13.2 Å². The second kappa shape index (κ2) is 9.27. The summed E-state index contributed by atoms with van der Waals surface area (Å²) in [5, 5.41) is 4.64. The molecule has 4 aromatic carbocycles. The number of benzene rings is 4. The van der Waals surface area contributed by atoms with Crippen molar-refractivity contribution in [2.45, 2.75) is 32.0 Å². The van der Waals surface area contributed by atoms with Crippen LogP contribution in [-0.2, 0) is 12.7 Å². The van der Waals surface area contributed by atoms with Gasteiger partial charge in [0, 0.05) is 38.8 Å². The zero-order valence-electron chi connectivity index (χ0n) is 20.1. The van der Waals surface area contributed by atoms with Crippen molar-refractivity contribution in [3.63, 3.8) is 0 Å². The van der Waals surface area contributed by atoms with E-state index >= 15 is 0 Å². The standard InChI is InChI=1S/C30H21BrF3NO3/c31-14-2-1-3-15-35-28(36)21-10-9-20-23-16-18(17-4-7-19(8-5-17)30(32,33)34)6-12-24(23)38-25-13-11-22(29(35)37)26(21)27(20)25/h4-13,16H,1-3,14-15H2. The highest BCUT2D eigenvalue weighted by atomic mass is 79.9. The molecule has 0 bridgehead atoms. The molecule has 2 heterocycles. The van der Waals surface area contributed by atoms with Crippen molar-refractivity contribution >= 4 is 59.4 Å². The van der Waals surface area contributed by atoms with Crippen LogP contribution >= 0.6 is 15.9 Å². The molecule has 4 nitrogen and oxygen atoms in total. The van der Waals surface area contributed by atoms with E-state index in [0.29, 0.717) is 44.8 Å². The third kappa shape index (κ3) is 3.98. The SMILES string of the molecule is O=c1c2ccc3oc4ccc(-c5ccc(C(F)(F)F)cc5)cc4c4ccc(c(=O)n1CCCCCBr)c2c34. The maximum Gasteiger partial charge on any atom is 0.416 e. The van der Waals surface area contributed by atoms with Gasteiger partial charge in [-0.3, -0.25) is 14.2 Å². The van der Waals surface area contributed by atoms with Gasteiger partial charge in [0.15, 0.2) is 0 Å². The quantitative estimate of drug-likeness (QED) is 0.0866. The Morgan fingerprint density at radius 2 is 1.32 bits per heavy atom. The fourth-order valence-corrected chi connectivity index (χ4v) is 5.63. The van der Waals surface area contributed by atoms with Crippen molar-refractivity contribution in [3.05, 3.63) is 93.0 Å². The molecule has 0 unspecified atom stereocenters. The Balaban J connectivity index is 1.55. The Bertz CT molecular complexity index is 1910.